The number of halogens is 3. The van der Waals surface area contributed by atoms with Crippen LogP contribution in [-0.4, -0.2) is 23.1 Å². The fourth-order valence-electron chi connectivity index (χ4n) is 2.56. The van der Waals surface area contributed by atoms with E-state index in [9.17, 15) is 13.2 Å². The summed E-state index contributed by atoms with van der Waals surface area (Å²) in [4.78, 5) is 4.28. The fourth-order valence-corrected chi connectivity index (χ4v) is 2.56. The highest BCUT2D eigenvalue weighted by atomic mass is 19.4. The first kappa shape index (κ1) is 17.7. The second kappa shape index (κ2) is 7.03. The normalized spacial score (nSPS) is 11.9. The predicted octanol–water partition coefficient (Wildman–Crippen LogP) is 4.87. The van der Waals surface area contributed by atoms with Crippen molar-refractivity contribution in [1.29, 1.82) is 0 Å². The van der Waals surface area contributed by atoms with Crippen molar-refractivity contribution in [2.75, 3.05) is 7.11 Å². The van der Waals surface area contributed by atoms with E-state index in [-0.39, 0.29) is 11.4 Å². The Bertz CT molecular complexity index is 914. The van der Waals surface area contributed by atoms with Gasteiger partial charge in [-0.05, 0) is 35.4 Å². The largest absolute Gasteiger partial charge is 0.497 e. The van der Waals surface area contributed by atoms with Crippen LogP contribution in [0.2, 0.25) is 0 Å². The third-order valence-corrected chi connectivity index (χ3v) is 3.80. The number of rotatable bonds is 4. The van der Waals surface area contributed by atoms with Gasteiger partial charge >= 0.3 is 6.18 Å². The van der Waals surface area contributed by atoms with E-state index in [1.54, 1.807) is 61.7 Å². The number of methoxy groups -OCH3 is 1. The van der Waals surface area contributed by atoms with E-state index in [1.165, 1.54) is 13.3 Å². The summed E-state index contributed by atoms with van der Waals surface area (Å²) >= 11 is 0. The van der Waals surface area contributed by atoms with Crippen LogP contribution in [0.15, 0.2) is 59.6 Å². The number of aryl methyl sites for hydroxylation is 1. The quantitative estimate of drug-likeness (QED) is 0.624. The molecule has 1 heterocycles. The van der Waals surface area contributed by atoms with Gasteiger partial charge in [0.05, 0.1) is 12.7 Å². The molecule has 0 saturated heterocycles. The summed E-state index contributed by atoms with van der Waals surface area (Å²) in [6.45, 7) is 0. The molecule has 0 radical (unpaired) electrons. The molecule has 0 spiro atoms. The number of benzene rings is 2. The van der Waals surface area contributed by atoms with E-state index in [4.69, 9.17) is 4.74 Å². The van der Waals surface area contributed by atoms with Crippen LogP contribution in [0.3, 0.4) is 0 Å². The first-order valence-corrected chi connectivity index (χ1v) is 7.78. The molecule has 3 aromatic rings. The van der Waals surface area contributed by atoms with Crippen molar-refractivity contribution in [3.8, 4) is 16.9 Å². The van der Waals surface area contributed by atoms with Gasteiger partial charge in [0, 0.05) is 13.3 Å². The maximum atomic E-state index is 13.4. The number of aromatic nitrogens is 2. The van der Waals surface area contributed by atoms with Crippen LogP contribution in [0.4, 0.5) is 19.0 Å². The molecule has 7 heteroatoms. The number of hydrogen-bond acceptors (Lipinski definition) is 3. The Morgan fingerprint density at radius 3 is 2.27 bits per heavy atom. The van der Waals surface area contributed by atoms with Crippen molar-refractivity contribution >= 4 is 12.0 Å². The van der Waals surface area contributed by atoms with Crippen molar-refractivity contribution in [3.63, 3.8) is 0 Å². The standard InChI is InChI=1S/C19H16F3N3O/c1-25-18(23-12-13-8-10-15(26-2)11-9-13)16(14-6-4-3-5-7-14)17(24-25)19(20,21)22/h3-12H,1-2H3/b23-12+. The molecular formula is C19H16F3N3O. The first-order chi connectivity index (χ1) is 12.4. The van der Waals surface area contributed by atoms with E-state index in [2.05, 4.69) is 10.1 Å². The lowest BCUT2D eigenvalue weighted by molar-refractivity contribution is -0.140. The van der Waals surface area contributed by atoms with Crippen molar-refractivity contribution in [2.45, 2.75) is 6.18 Å². The van der Waals surface area contributed by atoms with Gasteiger partial charge < -0.3 is 4.74 Å². The van der Waals surface area contributed by atoms with Gasteiger partial charge in [-0.15, -0.1) is 0 Å². The maximum Gasteiger partial charge on any atom is 0.435 e. The Labute approximate surface area is 148 Å². The van der Waals surface area contributed by atoms with Gasteiger partial charge in [-0.2, -0.15) is 18.3 Å². The van der Waals surface area contributed by atoms with Gasteiger partial charge in [0.25, 0.3) is 0 Å². The first-order valence-electron chi connectivity index (χ1n) is 7.78. The summed E-state index contributed by atoms with van der Waals surface area (Å²) in [5, 5.41) is 3.66. The molecule has 1 aromatic heterocycles. The van der Waals surface area contributed by atoms with E-state index in [0.717, 1.165) is 10.2 Å². The van der Waals surface area contributed by atoms with Crippen LogP contribution >= 0.6 is 0 Å². The Morgan fingerprint density at radius 2 is 1.69 bits per heavy atom. The van der Waals surface area contributed by atoms with Crippen molar-refractivity contribution in [3.05, 3.63) is 65.9 Å². The van der Waals surface area contributed by atoms with E-state index in [0.29, 0.717) is 11.3 Å². The average Bonchev–Trinajstić information content (AvgIpc) is 2.98. The molecule has 0 saturated carbocycles. The van der Waals surface area contributed by atoms with Gasteiger partial charge in [0.1, 0.15) is 5.75 Å². The lowest BCUT2D eigenvalue weighted by Gasteiger charge is -2.07. The average molecular weight is 359 g/mol. The lowest BCUT2D eigenvalue weighted by atomic mass is 10.1. The summed E-state index contributed by atoms with van der Waals surface area (Å²) in [6, 6.07) is 15.4. The van der Waals surface area contributed by atoms with E-state index >= 15 is 0 Å². The zero-order valence-electron chi connectivity index (χ0n) is 14.2. The minimum atomic E-state index is -4.57. The van der Waals surface area contributed by atoms with E-state index < -0.39 is 11.9 Å². The number of alkyl halides is 3. The zero-order chi connectivity index (χ0) is 18.7. The molecule has 0 amide bonds. The van der Waals surface area contributed by atoms with Crippen molar-refractivity contribution in [2.24, 2.45) is 12.0 Å². The van der Waals surface area contributed by atoms with Gasteiger partial charge in [-0.25, -0.2) is 9.67 Å². The molecule has 4 nitrogen and oxygen atoms in total. The predicted molar refractivity (Wildman–Crippen MR) is 93.9 cm³/mol. The van der Waals surface area contributed by atoms with Crippen molar-refractivity contribution < 1.29 is 17.9 Å². The number of aliphatic imine (C=N–C) groups is 1. The topological polar surface area (TPSA) is 39.4 Å². The Kier molecular flexibility index (Phi) is 4.79. The SMILES string of the molecule is COc1ccc(/C=N/c2c(-c3ccccc3)c(C(F)(F)F)nn2C)cc1. The summed E-state index contributed by atoms with van der Waals surface area (Å²) in [6.07, 6.45) is -3.07. The monoisotopic (exact) mass is 359 g/mol. The molecule has 0 fully saturated rings. The zero-order valence-corrected chi connectivity index (χ0v) is 14.2. The van der Waals surface area contributed by atoms with Gasteiger partial charge in [-0.3, -0.25) is 0 Å². The third kappa shape index (κ3) is 3.61. The Morgan fingerprint density at radius 1 is 1.04 bits per heavy atom. The molecule has 2 aromatic carbocycles. The minimum absolute atomic E-state index is 0.0367. The Balaban J connectivity index is 2.08. The van der Waals surface area contributed by atoms with Crippen LogP contribution in [0.1, 0.15) is 11.3 Å². The number of hydrogen-bond donors (Lipinski definition) is 0. The lowest BCUT2D eigenvalue weighted by Crippen LogP contribution is -2.08. The molecule has 0 bridgehead atoms. The van der Waals surface area contributed by atoms with Crippen LogP contribution in [-0.2, 0) is 13.2 Å². The van der Waals surface area contributed by atoms with Crippen LogP contribution in [0, 0.1) is 0 Å². The summed E-state index contributed by atoms with van der Waals surface area (Å²) < 4.78 is 46.5. The highest BCUT2D eigenvalue weighted by Gasteiger charge is 2.39. The highest BCUT2D eigenvalue weighted by molar-refractivity contribution is 5.85. The molecule has 3 rings (SSSR count). The van der Waals surface area contributed by atoms with Crippen molar-refractivity contribution in [1.82, 2.24) is 9.78 Å². The molecule has 0 aliphatic rings. The summed E-state index contributed by atoms with van der Waals surface area (Å²) in [7, 11) is 3.01. The van der Waals surface area contributed by atoms with Gasteiger partial charge in [-0.1, -0.05) is 30.3 Å². The van der Waals surface area contributed by atoms with Crippen LogP contribution in [0.25, 0.3) is 11.1 Å². The summed E-state index contributed by atoms with van der Waals surface area (Å²) in [5.41, 5.74) is 0.160. The molecule has 0 N–H and O–H groups in total. The van der Waals surface area contributed by atoms with Crippen LogP contribution < -0.4 is 4.74 Å². The molecular weight excluding hydrogens is 343 g/mol. The smallest absolute Gasteiger partial charge is 0.435 e. The van der Waals surface area contributed by atoms with Crippen LogP contribution in [0.5, 0.6) is 5.75 Å². The molecule has 26 heavy (non-hydrogen) atoms. The van der Waals surface area contributed by atoms with Gasteiger partial charge in [0.15, 0.2) is 11.5 Å². The molecule has 134 valence electrons. The molecule has 0 aliphatic carbocycles. The Hall–Kier alpha value is -3.09. The molecule has 0 atom stereocenters. The molecule has 0 unspecified atom stereocenters. The second-order valence-electron chi connectivity index (χ2n) is 5.57. The minimum Gasteiger partial charge on any atom is -0.497 e. The third-order valence-electron chi connectivity index (χ3n) is 3.80. The molecule has 0 aliphatic heterocycles. The second-order valence-corrected chi connectivity index (χ2v) is 5.57. The number of ether oxygens (including phenoxy) is 1. The highest BCUT2D eigenvalue weighted by Crippen LogP contribution is 2.41. The van der Waals surface area contributed by atoms with Gasteiger partial charge in [0.2, 0.25) is 0 Å². The summed E-state index contributed by atoms with van der Waals surface area (Å²) in [5.74, 6) is 0.825. The fraction of sp³-hybridized carbons (Fsp3) is 0.158. The van der Waals surface area contributed by atoms with E-state index in [1.807, 2.05) is 0 Å². The number of nitrogens with zero attached hydrogens (tertiary/aromatic N) is 3. The maximum absolute atomic E-state index is 13.4.